The Bertz CT molecular complexity index is 847. The van der Waals surface area contributed by atoms with Gasteiger partial charge in [-0.05, 0) is 54.3 Å². The normalized spacial score (nSPS) is 20.2. The zero-order chi connectivity index (χ0) is 19.3. The molecule has 1 nitrogen and oxygen atoms in total. The van der Waals surface area contributed by atoms with E-state index in [1.807, 2.05) is 26.0 Å². The molecule has 2 rings (SSSR count). The number of rotatable bonds is 7. The van der Waals surface area contributed by atoms with Gasteiger partial charge in [-0.1, -0.05) is 81.5 Å². The van der Waals surface area contributed by atoms with Crippen molar-refractivity contribution in [3.05, 3.63) is 83.2 Å². The van der Waals surface area contributed by atoms with Crippen molar-refractivity contribution in [2.24, 2.45) is 5.92 Å². The summed E-state index contributed by atoms with van der Waals surface area (Å²) in [5, 5.41) is 2.03. The van der Waals surface area contributed by atoms with Crippen LogP contribution in [-0.4, -0.2) is 6.16 Å². The zero-order valence-electron chi connectivity index (χ0n) is 16.8. The van der Waals surface area contributed by atoms with Crippen LogP contribution in [0.3, 0.4) is 0 Å². The van der Waals surface area contributed by atoms with Gasteiger partial charge < -0.3 is 4.57 Å². The second kappa shape index (κ2) is 8.69. The van der Waals surface area contributed by atoms with Crippen molar-refractivity contribution in [1.29, 1.82) is 0 Å². The molecule has 0 radical (unpaired) electrons. The number of aryl methyl sites for hydroxylation is 1. The van der Waals surface area contributed by atoms with Crippen LogP contribution in [0.4, 0.5) is 0 Å². The highest BCUT2D eigenvalue weighted by atomic mass is 31.2. The minimum absolute atomic E-state index is 0.524. The molecule has 1 aliphatic rings. The molecule has 0 bridgehead atoms. The van der Waals surface area contributed by atoms with Crippen LogP contribution in [0.2, 0.25) is 0 Å². The number of benzene rings is 1. The van der Waals surface area contributed by atoms with E-state index in [1.54, 1.807) is 0 Å². The number of hydrogen-bond acceptors (Lipinski definition) is 1. The molecule has 0 saturated carbocycles. The molecule has 138 valence electrons. The first-order valence-electron chi connectivity index (χ1n) is 9.41. The first-order chi connectivity index (χ1) is 12.3. The average Bonchev–Trinajstić information content (AvgIpc) is 2.80. The molecule has 0 unspecified atom stereocenters. The van der Waals surface area contributed by atoms with Gasteiger partial charge in [0.2, 0.25) is 0 Å². The molecule has 0 fully saturated rings. The first kappa shape index (κ1) is 20.5. The highest BCUT2D eigenvalue weighted by molar-refractivity contribution is 7.76. The van der Waals surface area contributed by atoms with E-state index in [9.17, 15) is 4.57 Å². The van der Waals surface area contributed by atoms with Crippen LogP contribution in [0.1, 0.15) is 45.7 Å². The third-order valence-corrected chi connectivity index (χ3v) is 7.92. The Balaban J connectivity index is 2.46. The van der Waals surface area contributed by atoms with Gasteiger partial charge in [0.15, 0.2) is 0 Å². The molecule has 0 aliphatic carbocycles. The van der Waals surface area contributed by atoms with E-state index in [1.165, 1.54) is 5.56 Å². The van der Waals surface area contributed by atoms with Gasteiger partial charge in [-0.2, -0.15) is 0 Å². The van der Waals surface area contributed by atoms with Gasteiger partial charge in [0.05, 0.1) is 0 Å². The quantitative estimate of drug-likeness (QED) is 0.379. The minimum atomic E-state index is -2.59. The van der Waals surface area contributed by atoms with Gasteiger partial charge in [0.25, 0.3) is 0 Å². The fourth-order valence-corrected chi connectivity index (χ4v) is 5.93. The largest absolute Gasteiger partial charge is 0.314 e. The minimum Gasteiger partial charge on any atom is -0.314 e. The van der Waals surface area contributed by atoms with Crippen LogP contribution >= 0.6 is 7.14 Å². The monoisotopic (exact) mass is 366 g/mol. The highest BCUT2D eigenvalue weighted by Gasteiger charge is 2.36. The van der Waals surface area contributed by atoms with E-state index in [0.29, 0.717) is 12.1 Å². The molecule has 2 heteroatoms. The molecular formula is C24H31OP. The zero-order valence-corrected chi connectivity index (χ0v) is 17.6. The molecule has 1 heterocycles. The topological polar surface area (TPSA) is 17.1 Å². The fourth-order valence-electron chi connectivity index (χ4n) is 3.14. The maximum atomic E-state index is 14.0. The van der Waals surface area contributed by atoms with Crippen molar-refractivity contribution < 1.29 is 4.57 Å². The smallest absolute Gasteiger partial charge is 0.143 e. The van der Waals surface area contributed by atoms with Crippen LogP contribution in [0.25, 0.3) is 5.57 Å². The molecule has 0 aromatic heterocycles. The van der Waals surface area contributed by atoms with Crippen LogP contribution < -0.4 is 5.30 Å². The van der Waals surface area contributed by atoms with Crippen molar-refractivity contribution in [3.63, 3.8) is 0 Å². The lowest BCUT2D eigenvalue weighted by Crippen LogP contribution is -2.08. The maximum Gasteiger partial charge on any atom is 0.143 e. The van der Waals surface area contributed by atoms with Crippen molar-refractivity contribution in [2.75, 3.05) is 6.16 Å². The lowest BCUT2D eigenvalue weighted by Gasteiger charge is -2.14. The van der Waals surface area contributed by atoms with Crippen molar-refractivity contribution >= 4 is 18.0 Å². The third-order valence-electron chi connectivity index (χ3n) is 4.72. The van der Waals surface area contributed by atoms with Gasteiger partial charge >= 0.3 is 0 Å². The van der Waals surface area contributed by atoms with Gasteiger partial charge in [0, 0.05) is 11.5 Å². The Kier molecular flexibility index (Phi) is 6.84. The van der Waals surface area contributed by atoms with Crippen LogP contribution in [0.5, 0.6) is 0 Å². The first-order valence-corrected chi connectivity index (χ1v) is 11.3. The summed E-state index contributed by atoms with van der Waals surface area (Å²) in [6.07, 6.45) is 13.9. The SMILES string of the molecule is C=C(C)/C=C\C1=C(C)[P@@](=O)(C/C=C\C=C/C(C)C)c2cc(CC)ccc21. The molecule has 0 saturated heterocycles. The molecule has 1 aromatic carbocycles. The summed E-state index contributed by atoms with van der Waals surface area (Å²) in [4.78, 5) is 0. The van der Waals surface area contributed by atoms with E-state index in [4.69, 9.17) is 0 Å². The predicted octanol–water partition coefficient (Wildman–Crippen LogP) is 6.88. The Labute approximate surface area is 159 Å². The number of hydrogen-bond donors (Lipinski definition) is 0. The third kappa shape index (κ3) is 4.46. The van der Waals surface area contributed by atoms with Gasteiger partial charge in [-0.15, -0.1) is 0 Å². The standard InChI is InChI=1S/C24H31OP/c1-7-21-13-15-23-22(14-12-19(4)5)20(6)26(25,24(23)17-21)16-10-8-9-11-18(2)3/h8-15,17-18H,4,7,16H2,1-3,5-6H3/b10-8-,11-9-,14-12-/t26-/m0/s1. The Morgan fingerprint density at radius 3 is 2.62 bits per heavy atom. The molecule has 0 amide bonds. The Morgan fingerprint density at radius 1 is 1.27 bits per heavy atom. The summed E-state index contributed by atoms with van der Waals surface area (Å²) in [6.45, 7) is 14.4. The Hall–Kier alpha value is -1.85. The van der Waals surface area contributed by atoms with Gasteiger partial charge in [-0.25, -0.2) is 0 Å². The van der Waals surface area contributed by atoms with Crippen LogP contribution in [0.15, 0.2) is 72.1 Å². The van der Waals surface area contributed by atoms with Crippen LogP contribution in [-0.2, 0) is 11.0 Å². The lowest BCUT2D eigenvalue weighted by molar-refractivity contribution is 0.587. The molecule has 1 aromatic rings. The summed E-state index contributed by atoms with van der Waals surface area (Å²) >= 11 is 0. The molecular weight excluding hydrogens is 335 g/mol. The number of allylic oxidation sites excluding steroid dienone is 9. The van der Waals surface area contributed by atoms with Crippen molar-refractivity contribution in [2.45, 2.75) is 41.0 Å². The summed E-state index contributed by atoms with van der Waals surface area (Å²) in [6, 6.07) is 6.44. The molecule has 1 atom stereocenters. The maximum absolute atomic E-state index is 14.0. The van der Waals surface area contributed by atoms with Gasteiger partial charge in [-0.3, -0.25) is 0 Å². The molecule has 26 heavy (non-hydrogen) atoms. The lowest BCUT2D eigenvalue weighted by atomic mass is 10.0. The Morgan fingerprint density at radius 2 is 2.00 bits per heavy atom. The molecule has 1 aliphatic heterocycles. The second-order valence-corrected chi connectivity index (χ2v) is 10.4. The van der Waals surface area contributed by atoms with E-state index in [-0.39, 0.29) is 0 Å². The summed E-state index contributed by atoms with van der Waals surface area (Å²) in [5.74, 6) is 0.524. The van der Waals surface area contributed by atoms with E-state index in [0.717, 1.165) is 33.7 Å². The van der Waals surface area contributed by atoms with Crippen LogP contribution in [0, 0.1) is 5.92 Å². The van der Waals surface area contributed by atoms with E-state index >= 15 is 0 Å². The van der Waals surface area contributed by atoms with E-state index < -0.39 is 7.14 Å². The van der Waals surface area contributed by atoms with Crippen molar-refractivity contribution in [1.82, 2.24) is 0 Å². The molecule has 0 spiro atoms. The predicted molar refractivity (Wildman–Crippen MR) is 118 cm³/mol. The number of fused-ring (bicyclic) bond motifs is 1. The van der Waals surface area contributed by atoms with E-state index in [2.05, 4.69) is 69.9 Å². The average molecular weight is 366 g/mol. The summed E-state index contributed by atoms with van der Waals surface area (Å²) in [5.41, 5.74) is 4.45. The van der Waals surface area contributed by atoms with Gasteiger partial charge in [0.1, 0.15) is 7.14 Å². The molecule has 0 N–H and O–H groups in total. The summed E-state index contributed by atoms with van der Waals surface area (Å²) in [7, 11) is -2.59. The highest BCUT2D eigenvalue weighted by Crippen LogP contribution is 2.60. The summed E-state index contributed by atoms with van der Waals surface area (Å²) < 4.78 is 14.0. The van der Waals surface area contributed by atoms with Crippen molar-refractivity contribution in [3.8, 4) is 0 Å². The fraction of sp³-hybridized carbons (Fsp3) is 0.333. The second-order valence-electron chi connectivity index (χ2n) is 7.36.